The summed E-state index contributed by atoms with van der Waals surface area (Å²) in [7, 11) is 3.70. The lowest BCUT2D eigenvalue weighted by Crippen LogP contribution is -2.36. The van der Waals surface area contributed by atoms with E-state index in [1.54, 1.807) is 4.90 Å². The van der Waals surface area contributed by atoms with Crippen molar-refractivity contribution >= 4 is 35.6 Å². The van der Waals surface area contributed by atoms with E-state index in [4.69, 9.17) is 4.74 Å². The summed E-state index contributed by atoms with van der Waals surface area (Å²) in [6.45, 7) is 2.22. The van der Waals surface area contributed by atoms with Crippen molar-refractivity contribution in [3.63, 3.8) is 0 Å². The van der Waals surface area contributed by atoms with Crippen LogP contribution in [0.15, 0.2) is 0 Å². The summed E-state index contributed by atoms with van der Waals surface area (Å²) in [6.07, 6.45) is 12.9. The molecule has 2 heterocycles. The molecule has 0 saturated carbocycles. The molecule has 2 fully saturated rings. The smallest absolute Gasteiger partial charge is 0.320 e. The normalized spacial score (nSPS) is 19.9. The first-order chi connectivity index (χ1) is 18.8. The van der Waals surface area contributed by atoms with Crippen molar-refractivity contribution in [1.82, 2.24) is 26.2 Å². The van der Waals surface area contributed by atoms with E-state index in [0.29, 0.717) is 37.8 Å². The van der Waals surface area contributed by atoms with Crippen molar-refractivity contribution in [2.24, 2.45) is 0 Å². The number of unbranched alkanes of at least 4 members (excludes halogenated alkanes) is 8. The highest BCUT2D eigenvalue weighted by Crippen LogP contribution is 2.33. The van der Waals surface area contributed by atoms with Gasteiger partial charge in [0.05, 0.1) is 25.2 Å². The SMILES string of the molecule is CN(C)CC(=O)OCCCCCCCCNC(=O)CCCCCNC(=O)CCCC[C@@H]1SC[C@@H]2NC(=O)N[C@@H]21. The Morgan fingerprint density at radius 1 is 0.846 bits per heavy atom. The van der Waals surface area contributed by atoms with Gasteiger partial charge in [0.2, 0.25) is 11.8 Å². The maximum Gasteiger partial charge on any atom is 0.320 e. The first-order valence-corrected chi connectivity index (χ1v) is 15.9. The molecule has 0 aromatic heterocycles. The van der Waals surface area contributed by atoms with Gasteiger partial charge in [-0.25, -0.2) is 4.79 Å². The number of amides is 4. The number of thioether (sulfide) groups is 1. The van der Waals surface area contributed by atoms with E-state index in [2.05, 4.69) is 21.3 Å². The van der Waals surface area contributed by atoms with E-state index in [0.717, 1.165) is 89.3 Å². The van der Waals surface area contributed by atoms with Gasteiger partial charge in [0, 0.05) is 36.9 Å². The lowest BCUT2D eigenvalue weighted by atomic mass is 10.0. The minimum absolute atomic E-state index is 0.0527. The molecule has 0 aromatic carbocycles. The van der Waals surface area contributed by atoms with Gasteiger partial charge in [-0.3, -0.25) is 19.3 Å². The quantitative estimate of drug-likeness (QED) is 0.0896. The number of ether oxygens (including phenoxy) is 1. The van der Waals surface area contributed by atoms with Crippen LogP contribution in [0, 0.1) is 0 Å². The van der Waals surface area contributed by atoms with E-state index in [9.17, 15) is 19.2 Å². The van der Waals surface area contributed by atoms with Crippen molar-refractivity contribution < 1.29 is 23.9 Å². The van der Waals surface area contributed by atoms with Crippen molar-refractivity contribution in [2.75, 3.05) is 46.1 Å². The number of rotatable bonds is 22. The Kier molecular flexibility index (Phi) is 17.0. The van der Waals surface area contributed by atoms with Crippen molar-refractivity contribution in [1.29, 1.82) is 0 Å². The lowest BCUT2D eigenvalue weighted by molar-refractivity contribution is -0.144. The molecule has 2 saturated heterocycles. The Morgan fingerprint density at radius 2 is 1.44 bits per heavy atom. The number of hydrogen-bond donors (Lipinski definition) is 4. The van der Waals surface area contributed by atoms with Gasteiger partial charge >= 0.3 is 12.0 Å². The second-order valence-corrected chi connectivity index (χ2v) is 12.2. The Balaban J connectivity index is 1.29. The second kappa shape index (κ2) is 20.0. The Hall–Kier alpha value is -2.01. The number of carbonyl (C=O) groups is 4. The average molecular weight is 570 g/mol. The van der Waals surface area contributed by atoms with E-state index >= 15 is 0 Å². The van der Waals surface area contributed by atoms with E-state index in [1.807, 2.05) is 25.9 Å². The highest BCUT2D eigenvalue weighted by molar-refractivity contribution is 8.00. The molecule has 2 aliphatic rings. The van der Waals surface area contributed by atoms with Crippen LogP contribution in [-0.2, 0) is 19.1 Å². The Bertz CT molecular complexity index is 754. The zero-order valence-corrected chi connectivity index (χ0v) is 24.9. The number of hydrogen-bond acceptors (Lipinski definition) is 7. The van der Waals surface area contributed by atoms with Crippen LogP contribution in [0.2, 0.25) is 0 Å². The zero-order valence-electron chi connectivity index (χ0n) is 24.1. The van der Waals surface area contributed by atoms with Gasteiger partial charge in [-0.1, -0.05) is 38.5 Å². The third-order valence-corrected chi connectivity index (χ3v) is 8.59. The maximum absolute atomic E-state index is 12.1. The molecule has 0 aliphatic carbocycles. The summed E-state index contributed by atoms with van der Waals surface area (Å²) in [5.41, 5.74) is 0. The van der Waals surface area contributed by atoms with Crippen LogP contribution < -0.4 is 21.3 Å². The molecule has 224 valence electrons. The topological polar surface area (TPSA) is 129 Å². The number of esters is 1. The van der Waals surface area contributed by atoms with Gasteiger partial charge in [-0.15, -0.1) is 0 Å². The van der Waals surface area contributed by atoms with Gasteiger partial charge in [0.25, 0.3) is 0 Å². The molecule has 3 atom stereocenters. The second-order valence-electron chi connectivity index (χ2n) is 11.0. The van der Waals surface area contributed by atoms with Gasteiger partial charge in [0.15, 0.2) is 0 Å². The molecule has 4 amide bonds. The fraction of sp³-hybridized carbons (Fsp3) is 0.857. The molecule has 0 aromatic rings. The van der Waals surface area contributed by atoms with Crippen molar-refractivity contribution in [3.8, 4) is 0 Å². The van der Waals surface area contributed by atoms with Gasteiger partial charge in [-0.05, 0) is 52.6 Å². The van der Waals surface area contributed by atoms with E-state index in [-0.39, 0.29) is 35.9 Å². The molecular formula is C28H51N5O5S. The summed E-state index contributed by atoms with van der Waals surface area (Å²) in [5.74, 6) is 1.01. The Morgan fingerprint density at radius 3 is 2.10 bits per heavy atom. The molecule has 0 bridgehead atoms. The molecule has 2 aliphatic heterocycles. The number of likely N-dealkylation sites (N-methyl/N-ethyl adjacent to an activating group) is 1. The van der Waals surface area contributed by atoms with Crippen LogP contribution in [0.5, 0.6) is 0 Å². The molecule has 10 nitrogen and oxygen atoms in total. The van der Waals surface area contributed by atoms with Crippen LogP contribution in [0.1, 0.15) is 89.9 Å². The summed E-state index contributed by atoms with van der Waals surface area (Å²) >= 11 is 1.91. The van der Waals surface area contributed by atoms with Crippen LogP contribution in [0.3, 0.4) is 0 Å². The molecule has 0 radical (unpaired) electrons. The van der Waals surface area contributed by atoms with Crippen molar-refractivity contribution in [2.45, 2.75) is 107 Å². The third-order valence-electron chi connectivity index (χ3n) is 7.09. The fourth-order valence-electron chi connectivity index (χ4n) is 4.92. The molecular weight excluding hydrogens is 518 g/mol. The third kappa shape index (κ3) is 15.4. The highest BCUT2D eigenvalue weighted by Gasteiger charge is 2.42. The number of nitrogens with zero attached hydrogens (tertiary/aromatic N) is 1. The van der Waals surface area contributed by atoms with E-state index in [1.165, 1.54) is 0 Å². The number of nitrogens with one attached hydrogen (secondary N) is 4. The summed E-state index contributed by atoms with van der Waals surface area (Å²) in [5, 5.41) is 12.4. The fourth-order valence-corrected chi connectivity index (χ4v) is 6.46. The van der Waals surface area contributed by atoms with Crippen LogP contribution in [0.25, 0.3) is 0 Å². The largest absolute Gasteiger partial charge is 0.465 e. The van der Waals surface area contributed by atoms with Crippen molar-refractivity contribution in [3.05, 3.63) is 0 Å². The summed E-state index contributed by atoms with van der Waals surface area (Å²) in [4.78, 5) is 48.7. The molecule has 2 rings (SSSR count). The monoisotopic (exact) mass is 569 g/mol. The van der Waals surface area contributed by atoms with Crippen LogP contribution >= 0.6 is 11.8 Å². The van der Waals surface area contributed by atoms with Crippen LogP contribution in [-0.4, -0.2) is 92.1 Å². The first-order valence-electron chi connectivity index (χ1n) is 14.9. The lowest BCUT2D eigenvalue weighted by Gasteiger charge is -2.16. The minimum Gasteiger partial charge on any atom is -0.465 e. The average Bonchev–Trinajstić information content (AvgIpc) is 3.43. The molecule has 11 heteroatoms. The number of carbonyl (C=O) groups excluding carboxylic acids is 4. The summed E-state index contributed by atoms with van der Waals surface area (Å²) in [6, 6.07) is 0.439. The van der Waals surface area contributed by atoms with E-state index < -0.39 is 0 Å². The molecule has 0 spiro atoms. The highest BCUT2D eigenvalue weighted by atomic mass is 32.2. The molecule has 39 heavy (non-hydrogen) atoms. The minimum atomic E-state index is -0.169. The van der Waals surface area contributed by atoms with Gasteiger partial charge in [0.1, 0.15) is 0 Å². The maximum atomic E-state index is 12.1. The summed E-state index contributed by atoms with van der Waals surface area (Å²) < 4.78 is 5.18. The zero-order chi connectivity index (χ0) is 28.3. The van der Waals surface area contributed by atoms with Crippen LogP contribution in [0.4, 0.5) is 4.79 Å². The standard InChI is InChI=1S/C28H51N5O5S/c1-33(2)20-26(36)38-19-13-6-4-3-5-11-17-29-24(34)15-8-7-12-18-30-25(35)16-10-9-14-23-27-22(21-39-23)31-28(37)32-27/h22-23,27H,3-21H2,1-2H3,(H,29,34)(H,30,35)(H2,31,32,37)/t22-,23-,27-/m0/s1. The molecule has 0 unspecified atom stereocenters. The number of fused-ring (bicyclic) bond motifs is 1. The molecule has 4 N–H and O–H groups in total. The predicted octanol–water partition coefficient (Wildman–Crippen LogP) is 2.95. The first kappa shape index (κ1) is 33.2. The van der Waals surface area contributed by atoms with Gasteiger partial charge in [-0.2, -0.15) is 11.8 Å². The van der Waals surface area contributed by atoms with Gasteiger partial charge < -0.3 is 26.0 Å². The Labute approximate surface area is 238 Å². The number of urea groups is 1. The predicted molar refractivity (Wildman–Crippen MR) is 156 cm³/mol.